The van der Waals surface area contributed by atoms with Gasteiger partial charge in [-0.1, -0.05) is 43.0 Å². The molecule has 216 valence electrons. The fourth-order valence-electron chi connectivity index (χ4n) is 6.50. The molecule has 1 aromatic rings. The summed E-state index contributed by atoms with van der Waals surface area (Å²) in [6, 6.07) is 8.16. The number of hydrogen-bond acceptors (Lipinski definition) is 4. The van der Waals surface area contributed by atoms with E-state index >= 15 is 0 Å². The molecule has 1 aliphatic carbocycles. The van der Waals surface area contributed by atoms with Gasteiger partial charge in [-0.2, -0.15) is 0 Å². The van der Waals surface area contributed by atoms with Crippen LogP contribution < -0.4 is 5.32 Å². The van der Waals surface area contributed by atoms with Crippen molar-refractivity contribution in [2.24, 2.45) is 0 Å². The van der Waals surface area contributed by atoms with Gasteiger partial charge in [0.05, 0.1) is 6.04 Å². The van der Waals surface area contributed by atoms with E-state index in [4.69, 9.17) is 11.6 Å². The van der Waals surface area contributed by atoms with Crippen molar-refractivity contribution in [1.82, 2.24) is 24.9 Å². The van der Waals surface area contributed by atoms with Crippen LogP contribution in [0.15, 0.2) is 24.3 Å². The zero-order valence-electron chi connectivity index (χ0n) is 23.9. The molecular formula is C30H46ClN5O3. The van der Waals surface area contributed by atoms with Crippen molar-refractivity contribution in [1.29, 1.82) is 0 Å². The first-order chi connectivity index (χ1) is 18.7. The van der Waals surface area contributed by atoms with Gasteiger partial charge in [0, 0.05) is 70.3 Å². The molecule has 1 atom stereocenters. The first-order valence-electron chi connectivity index (χ1n) is 14.8. The van der Waals surface area contributed by atoms with Gasteiger partial charge in [0.1, 0.15) is 0 Å². The third-order valence-electron chi connectivity index (χ3n) is 8.77. The Bertz CT molecular complexity index is 965. The Labute approximate surface area is 239 Å². The molecular weight excluding hydrogens is 514 g/mol. The number of urea groups is 1. The highest BCUT2D eigenvalue weighted by molar-refractivity contribution is 6.30. The van der Waals surface area contributed by atoms with Gasteiger partial charge < -0.3 is 24.9 Å². The third kappa shape index (κ3) is 7.88. The Hall–Kier alpha value is -2.32. The Morgan fingerprint density at radius 1 is 0.872 bits per heavy atom. The third-order valence-corrected chi connectivity index (χ3v) is 9.02. The van der Waals surface area contributed by atoms with Crippen molar-refractivity contribution in [3.63, 3.8) is 0 Å². The number of piperidine rings is 2. The number of carbonyl (C=O) groups excluding carboxylic acids is 3. The molecule has 1 saturated carbocycles. The molecule has 39 heavy (non-hydrogen) atoms. The van der Waals surface area contributed by atoms with Crippen LogP contribution in [0.5, 0.6) is 0 Å². The molecule has 0 bridgehead atoms. The second kappa shape index (κ2) is 13.8. The normalized spacial score (nSPS) is 20.5. The van der Waals surface area contributed by atoms with Crippen molar-refractivity contribution >= 4 is 29.4 Å². The van der Waals surface area contributed by atoms with E-state index in [0.29, 0.717) is 30.6 Å². The lowest BCUT2D eigenvalue weighted by molar-refractivity contribution is -0.136. The van der Waals surface area contributed by atoms with Crippen LogP contribution in [0.4, 0.5) is 4.79 Å². The van der Waals surface area contributed by atoms with Crippen LogP contribution in [0.25, 0.3) is 0 Å². The van der Waals surface area contributed by atoms with E-state index in [1.807, 2.05) is 48.2 Å². The average molecular weight is 560 g/mol. The number of carbonyl (C=O) groups is 3. The predicted octanol–water partition coefficient (Wildman–Crippen LogP) is 4.16. The topological polar surface area (TPSA) is 76.2 Å². The first-order valence-corrected chi connectivity index (χ1v) is 15.1. The van der Waals surface area contributed by atoms with Crippen molar-refractivity contribution < 1.29 is 14.4 Å². The van der Waals surface area contributed by atoms with Gasteiger partial charge >= 0.3 is 6.03 Å². The number of nitrogens with zero attached hydrogens (tertiary/aromatic N) is 4. The Morgan fingerprint density at radius 3 is 2.00 bits per heavy atom. The molecule has 9 heteroatoms. The number of nitrogens with one attached hydrogen (secondary N) is 1. The largest absolute Gasteiger partial charge is 0.343 e. The molecule has 4 rings (SSSR count). The number of benzene rings is 1. The minimum atomic E-state index is -0.338. The van der Waals surface area contributed by atoms with Crippen molar-refractivity contribution in [3.8, 4) is 0 Å². The first kappa shape index (κ1) is 29.7. The molecule has 2 heterocycles. The Kier molecular flexibility index (Phi) is 10.5. The lowest BCUT2D eigenvalue weighted by Gasteiger charge is -2.45. The summed E-state index contributed by atoms with van der Waals surface area (Å²) in [4.78, 5) is 46.6. The number of hydrogen-bond donors (Lipinski definition) is 1. The summed E-state index contributed by atoms with van der Waals surface area (Å²) >= 11 is 6.11. The summed E-state index contributed by atoms with van der Waals surface area (Å²) in [6.07, 6.45) is 9.68. The molecule has 8 nitrogen and oxygen atoms in total. The van der Waals surface area contributed by atoms with E-state index in [1.54, 1.807) is 11.8 Å². The van der Waals surface area contributed by atoms with Crippen LogP contribution in [0.3, 0.4) is 0 Å². The van der Waals surface area contributed by atoms with Crippen LogP contribution in [0.2, 0.25) is 5.02 Å². The Morgan fingerprint density at radius 2 is 1.44 bits per heavy atom. The maximum Gasteiger partial charge on any atom is 0.319 e. The van der Waals surface area contributed by atoms with Gasteiger partial charge in [0.15, 0.2) is 0 Å². The predicted molar refractivity (Wildman–Crippen MR) is 155 cm³/mol. The van der Waals surface area contributed by atoms with Gasteiger partial charge in [-0.25, -0.2) is 4.79 Å². The monoisotopic (exact) mass is 559 g/mol. The van der Waals surface area contributed by atoms with Crippen LogP contribution in [-0.4, -0.2) is 102 Å². The molecule has 0 radical (unpaired) electrons. The second-order valence-corrected chi connectivity index (χ2v) is 12.2. The standard InChI is InChI=1S/C30H46ClN5O3/c1-22(37)34-17-13-25(14-18-34)32-28(21-23-9-11-24(31)12-10-23)29(38)35-19-15-27(16-20-35)36(30(39)33(2)3)26-7-5-4-6-8-26/h9-12,25-28,32H,4-8,13-21H2,1-3H3/t28-/m1/s1. The van der Waals surface area contributed by atoms with Gasteiger partial charge in [-0.05, 0) is 62.6 Å². The summed E-state index contributed by atoms with van der Waals surface area (Å²) < 4.78 is 0. The van der Waals surface area contributed by atoms with Gasteiger partial charge in [-0.15, -0.1) is 0 Å². The molecule has 0 unspecified atom stereocenters. The quantitative estimate of drug-likeness (QED) is 0.544. The lowest BCUT2D eigenvalue weighted by Crippen LogP contribution is -2.58. The minimum Gasteiger partial charge on any atom is -0.343 e. The van der Waals surface area contributed by atoms with E-state index < -0.39 is 0 Å². The molecule has 3 fully saturated rings. The van der Waals surface area contributed by atoms with Crippen LogP contribution in [0, 0.1) is 0 Å². The van der Waals surface area contributed by atoms with E-state index in [2.05, 4.69) is 10.2 Å². The van der Waals surface area contributed by atoms with Crippen LogP contribution >= 0.6 is 11.6 Å². The fourth-order valence-corrected chi connectivity index (χ4v) is 6.63. The fraction of sp³-hybridized carbons (Fsp3) is 0.700. The summed E-state index contributed by atoms with van der Waals surface area (Å²) in [5.41, 5.74) is 1.07. The number of halogens is 1. The summed E-state index contributed by atoms with van der Waals surface area (Å²) in [5.74, 6) is 0.237. The molecule has 2 aliphatic heterocycles. The SMILES string of the molecule is CC(=O)N1CCC(N[C@H](Cc2ccc(Cl)cc2)C(=O)N2CCC(N(C(=O)N(C)C)C3CCCCC3)CC2)CC1. The van der Waals surface area contributed by atoms with E-state index in [-0.39, 0.29) is 36.0 Å². The highest BCUT2D eigenvalue weighted by Gasteiger charge is 2.37. The van der Waals surface area contributed by atoms with Crippen molar-refractivity contribution in [2.45, 2.75) is 95.3 Å². The highest BCUT2D eigenvalue weighted by Crippen LogP contribution is 2.29. The van der Waals surface area contributed by atoms with Gasteiger partial charge in [-0.3, -0.25) is 9.59 Å². The van der Waals surface area contributed by atoms with Crippen molar-refractivity contribution in [3.05, 3.63) is 34.9 Å². The molecule has 1 aromatic carbocycles. The Balaban J connectivity index is 1.41. The number of rotatable bonds is 7. The molecule has 4 amide bonds. The smallest absolute Gasteiger partial charge is 0.319 e. The summed E-state index contributed by atoms with van der Waals surface area (Å²) in [6.45, 7) is 4.38. The minimum absolute atomic E-state index is 0.103. The van der Waals surface area contributed by atoms with E-state index in [9.17, 15) is 14.4 Å². The molecule has 0 aromatic heterocycles. The lowest BCUT2D eigenvalue weighted by atomic mass is 9.91. The van der Waals surface area contributed by atoms with Gasteiger partial charge in [0.2, 0.25) is 11.8 Å². The van der Waals surface area contributed by atoms with E-state index in [0.717, 1.165) is 57.2 Å². The van der Waals surface area contributed by atoms with Crippen molar-refractivity contribution in [2.75, 3.05) is 40.3 Å². The maximum absolute atomic E-state index is 13.9. The van der Waals surface area contributed by atoms with Crippen LogP contribution in [-0.2, 0) is 16.0 Å². The van der Waals surface area contributed by atoms with Crippen LogP contribution in [0.1, 0.15) is 70.3 Å². The molecule has 0 spiro atoms. The number of amides is 4. The number of likely N-dealkylation sites (tertiary alicyclic amines) is 2. The maximum atomic E-state index is 13.9. The van der Waals surface area contributed by atoms with Gasteiger partial charge in [0.25, 0.3) is 0 Å². The summed E-state index contributed by atoms with van der Waals surface area (Å²) in [5, 5.41) is 4.34. The zero-order valence-corrected chi connectivity index (χ0v) is 24.7. The second-order valence-electron chi connectivity index (χ2n) is 11.8. The summed E-state index contributed by atoms with van der Waals surface area (Å²) in [7, 11) is 3.68. The molecule has 3 aliphatic rings. The molecule has 2 saturated heterocycles. The highest BCUT2D eigenvalue weighted by atomic mass is 35.5. The average Bonchev–Trinajstić information content (AvgIpc) is 2.95. The zero-order chi connectivity index (χ0) is 27.9. The van der Waals surface area contributed by atoms with E-state index in [1.165, 1.54) is 19.3 Å². The molecule has 1 N–H and O–H groups in total.